The Bertz CT molecular complexity index is 447. The lowest BCUT2D eigenvalue weighted by atomic mass is 10.1. The number of rotatable bonds is 3. The summed E-state index contributed by atoms with van der Waals surface area (Å²) >= 11 is 6.09. The molecule has 0 amide bonds. The molecule has 0 bridgehead atoms. The molecule has 1 nitrogen and oxygen atoms in total. The molecule has 1 aliphatic rings. The zero-order chi connectivity index (χ0) is 14.0. The van der Waals surface area contributed by atoms with Crippen LogP contribution in [-0.2, 0) is 6.18 Å². The molecule has 19 heavy (non-hydrogen) atoms. The number of hydrogen-bond donors (Lipinski definition) is 1. The van der Waals surface area contributed by atoms with Crippen molar-refractivity contribution >= 4 is 17.3 Å². The van der Waals surface area contributed by atoms with Gasteiger partial charge in [0.1, 0.15) is 5.82 Å². The zero-order valence-electron chi connectivity index (χ0n) is 10.1. The Morgan fingerprint density at radius 2 is 2.00 bits per heavy atom. The molecule has 0 radical (unpaired) electrons. The number of anilines is 1. The Labute approximate surface area is 113 Å². The van der Waals surface area contributed by atoms with Crippen molar-refractivity contribution in [2.45, 2.75) is 30.8 Å². The Morgan fingerprint density at radius 3 is 2.53 bits per heavy atom. The normalized spacial score (nSPS) is 23.6. The maximum absolute atomic E-state index is 13.6. The van der Waals surface area contributed by atoms with Crippen LogP contribution < -0.4 is 5.32 Å². The molecule has 2 unspecified atom stereocenters. The van der Waals surface area contributed by atoms with E-state index in [4.69, 9.17) is 11.6 Å². The molecule has 2 rings (SSSR count). The molecule has 1 saturated carbocycles. The van der Waals surface area contributed by atoms with E-state index in [9.17, 15) is 17.6 Å². The number of alkyl halides is 4. The maximum atomic E-state index is 13.6. The summed E-state index contributed by atoms with van der Waals surface area (Å²) in [4.78, 5) is 0. The molecule has 1 fully saturated rings. The minimum absolute atomic E-state index is 0.0602. The Hall–Kier alpha value is -0.970. The molecule has 1 aromatic rings. The maximum Gasteiger partial charge on any atom is 0.416 e. The third kappa shape index (κ3) is 3.53. The lowest BCUT2D eigenvalue weighted by molar-refractivity contribution is -0.137. The standard InChI is InChI=1S/C13H14ClF4N/c14-10-3-1-2-8(10)7-19-12-5-4-9(6-11(12)15)13(16,17)18/h4-6,8,10,19H,1-3,7H2. The summed E-state index contributed by atoms with van der Waals surface area (Å²) < 4.78 is 50.7. The first-order valence-electron chi connectivity index (χ1n) is 6.12. The Morgan fingerprint density at radius 1 is 1.26 bits per heavy atom. The third-order valence-electron chi connectivity index (χ3n) is 3.42. The Balaban J connectivity index is 2.01. The second-order valence-electron chi connectivity index (χ2n) is 4.78. The third-order valence-corrected chi connectivity index (χ3v) is 3.99. The molecule has 6 heteroatoms. The molecule has 1 aliphatic carbocycles. The van der Waals surface area contributed by atoms with Crippen molar-refractivity contribution in [3.63, 3.8) is 0 Å². The van der Waals surface area contributed by atoms with Gasteiger partial charge in [0.05, 0.1) is 11.3 Å². The van der Waals surface area contributed by atoms with Gasteiger partial charge in [-0.1, -0.05) is 6.42 Å². The molecule has 0 aliphatic heterocycles. The van der Waals surface area contributed by atoms with Gasteiger partial charge in [0.25, 0.3) is 0 Å². The van der Waals surface area contributed by atoms with Gasteiger partial charge in [-0.25, -0.2) is 4.39 Å². The molecule has 106 valence electrons. The average molecular weight is 296 g/mol. The van der Waals surface area contributed by atoms with Crippen LogP contribution in [0.1, 0.15) is 24.8 Å². The van der Waals surface area contributed by atoms with E-state index in [1.807, 2.05) is 0 Å². The van der Waals surface area contributed by atoms with Gasteiger partial charge in [-0.05, 0) is 37.0 Å². The highest BCUT2D eigenvalue weighted by atomic mass is 35.5. The topological polar surface area (TPSA) is 12.0 Å². The van der Waals surface area contributed by atoms with E-state index in [-0.39, 0.29) is 17.0 Å². The van der Waals surface area contributed by atoms with E-state index in [2.05, 4.69) is 5.32 Å². The van der Waals surface area contributed by atoms with Crippen LogP contribution in [0.4, 0.5) is 23.2 Å². The minimum Gasteiger partial charge on any atom is -0.382 e. The molecule has 0 aromatic heterocycles. The lowest BCUT2D eigenvalue weighted by Gasteiger charge is -2.16. The van der Waals surface area contributed by atoms with Gasteiger partial charge >= 0.3 is 6.18 Å². The number of nitrogens with one attached hydrogen (secondary N) is 1. The van der Waals surface area contributed by atoms with Crippen molar-refractivity contribution in [1.82, 2.24) is 0 Å². The highest BCUT2D eigenvalue weighted by molar-refractivity contribution is 6.20. The van der Waals surface area contributed by atoms with Gasteiger partial charge in [0.15, 0.2) is 0 Å². The molecule has 0 saturated heterocycles. The predicted octanol–water partition coefficient (Wildman–Crippen LogP) is 4.66. The highest BCUT2D eigenvalue weighted by Crippen LogP contribution is 2.33. The van der Waals surface area contributed by atoms with Crippen molar-refractivity contribution < 1.29 is 17.6 Å². The molecule has 1 N–H and O–H groups in total. The van der Waals surface area contributed by atoms with Crippen LogP contribution >= 0.6 is 11.6 Å². The molecule has 0 heterocycles. The van der Waals surface area contributed by atoms with Crippen molar-refractivity contribution in [1.29, 1.82) is 0 Å². The van der Waals surface area contributed by atoms with Crippen molar-refractivity contribution in [2.75, 3.05) is 11.9 Å². The van der Waals surface area contributed by atoms with Gasteiger partial charge in [-0.2, -0.15) is 13.2 Å². The van der Waals surface area contributed by atoms with E-state index in [0.29, 0.717) is 12.6 Å². The van der Waals surface area contributed by atoms with Gasteiger partial charge < -0.3 is 5.32 Å². The quantitative estimate of drug-likeness (QED) is 0.631. The van der Waals surface area contributed by atoms with E-state index in [0.717, 1.165) is 31.4 Å². The summed E-state index contributed by atoms with van der Waals surface area (Å²) in [5.41, 5.74) is -0.893. The van der Waals surface area contributed by atoms with Crippen LogP contribution in [0, 0.1) is 11.7 Å². The van der Waals surface area contributed by atoms with Gasteiger partial charge in [0, 0.05) is 11.9 Å². The molecule has 2 atom stereocenters. The zero-order valence-corrected chi connectivity index (χ0v) is 10.9. The first-order chi connectivity index (χ1) is 8.88. The number of hydrogen-bond acceptors (Lipinski definition) is 1. The van der Waals surface area contributed by atoms with Gasteiger partial charge in [0.2, 0.25) is 0 Å². The SMILES string of the molecule is Fc1cc(C(F)(F)F)ccc1NCC1CCCC1Cl. The monoisotopic (exact) mass is 295 g/mol. The molecular formula is C13H14ClF4N. The molecule has 0 spiro atoms. The minimum atomic E-state index is -4.52. The first-order valence-corrected chi connectivity index (χ1v) is 6.56. The van der Waals surface area contributed by atoms with Crippen LogP contribution in [0.3, 0.4) is 0 Å². The van der Waals surface area contributed by atoms with E-state index in [1.54, 1.807) is 0 Å². The van der Waals surface area contributed by atoms with Crippen LogP contribution in [-0.4, -0.2) is 11.9 Å². The van der Waals surface area contributed by atoms with E-state index in [1.165, 1.54) is 0 Å². The summed E-state index contributed by atoms with van der Waals surface area (Å²) in [6.45, 7) is 0.483. The summed E-state index contributed by atoms with van der Waals surface area (Å²) in [6, 6.07) is 2.50. The fourth-order valence-corrected chi connectivity index (χ4v) is 2.67. The van der Waals surface area contributed by atoms with Crippen LogP contribution in [0.2, 0.25) is 0 Å². The molecular weight excluding hydrogens is 282 g/mol. The fourth-order valence-electron chi connectivity index (χ4n) is 2.30. The largest absolute Gasteiger partial charge is 0.416 e. The summed E-state index contributed by atoms with van der Waals surface area (Å²) in [5, 5.41) is 2.90. The van der Waals surface area contributed by atoms with Crippen molar-refractivity contribution in [2.24, 2.45) is 5.92 Å². The summed E-state index contributed by atoms with van der Waals surface area (Å²) in [7, 11) is 0. The lowest BCUT2D eigenvalue weighted by Crippen LogP contribution is -2.19. The highest BCUT2D eigenvalue weighted by Gasteiger charge is 2.31. The summed E-state index contributed by atoms with van der Waals surface area (Å²) in [6.07, 6.45) is -1.59. The van der Waals surface area contributed by atoms with Crippen molar-refractivity contribution in [3.05, 3.63) is 29.6 Å². The smallest absolute Gasteiger partial charge is 0.382 e. The fraction of sp³-hybridized carbons (Fsp3) is 0.538. The van der Waals surface area contributed by atoms with Crippen LogP contribution in [0.15, 0.2) is 18.2 Å². The number of halogens is 5. The van der Waals surface area contributed by atoms with E-state index < -0.39 is 17.6 Å². The van der Waals surface area contributed by atoms with Crippen molar-refractivity contribution in [3.8, 4) is 0 Å². The average Bonchev–Trinajstić information content (AvgIpc) is 2.72. The predicted molar refractivity (Wildman–Crippen MR) is 66.9 cm³/mol. The van der Waals surface area contributed by atoms with Gasteiger partial charge in [-0.3, -0.25) is 0 Å². The first kappa shape index (κ1) is 14.4. The molecule has 1 aromatic carbocycles. The van der Waals surface area contributed by atoms with Crippen LogP contribution in [0.5, 0.6) is 0 Å². The number of benzene rings is 1. The van der Waals surface area contributed by atoms with Gasteiger partial charge in [-0.15, -0.1) is 11.6 Å². The van der Waals surface area contributed by atoms with Crippen LogP contribution in [0.25, 0.3) is 0 Å². The second-order valence-corrected chi connectivity index (χ2v) is 5.34. The Kier molecular flexibility index (Phi) is 4.23. The second kappa shape index (κ2) is 5.57. The summed E-state index contributed by atoms with van der Waals surface area (Å²) in [5.74, 6) is -0.651. The van der Waals surface area contributed by atoms with E-state index >= 15 is 0 Å².